The van der Waals surface area contributed by atoms with E-state index in [1.165, 1.54) is 45.3 Å². The highest BCUT2D eigenvalue weighted by molar-refractivity contribution is 8.01. The standard InChI is InChI=1S/C11H20N2S/c1-9-4-6-12-11(14-9)5-7-13(8-11)10-2-3-10/h9-10,12H,2-8H2,1H3. The molecule has 2 saturated heterocycles. The second-order valence-electron chi connectivity index (χ2n) is 5.09. The Morgan fingerprint density at radius 2 is 2.21 bits per heavy atom. The van der Waals surface area contributed by atoms with Crippen LogP contribution in [0.2, 0.25) is 0 Å². The maximum absolute atomic E-state index is 3.76. The molecule has 14 heavy (non-hydrogen) atoms. The van der Waals surface area contributed by atoms with E-state index < -0.39 is 0 Å². The molecule has 2 nitrogen and oxygen atoms in total. The second kappa shape index (κ2) is 3.39. The highest BCUT2D eigenvalue weighted by Crippen LogP contribution is 2.42. The first-order valence-corrected chi connectivity index (χ1v) is 6.82. The summed E-state index contributed by atoms with van der Waals surface area (Å²) in [7, 11) is 0. The SMILES string of the molecule is CC1CCNC2(CCN(C3CC3)C2)S1. The van der Waals surface area contributed by atoms with Gasteiger partial charge in [-0.05, 0) is 32.2 Å². The fourth-order valence-electron chi connectivity index (χ4n) is 2.79. The topological polar surface area (TPSA) is 15.3 Å². The Hall–Kier alpha value is 0.270. The van der Waals surface area contributed by atoms with Gasteiger partial charge in [-0.25, -0.2) is 0 Å². The molecule has 3 fully saturated rings. The molecule has 2 heterocycles. The molecular formula is C11H20N2S. The zero-order chi connectivity index (χ0) is 9.60. The number of nitrogens with one attached hydrogen (secondary N) is 1. The van der Waals surface area contributed by atoms with Crippen LogP contribution in [-0.2, 0) is 0 Å². The Kier molecular flexibility index (Phi) is 2.30. The first-order chi connectivity index (χ1) is 6.77. The van der Waals surface area contributed by atoms with Gasteiger partial charge in [0, 0.05) is 24.4 Å². The molecular weight excluding hydrogens is 192 g/mol. The monoisotopic (exact) mass is 212 g/mol. The van der Waals surface area contributed by atoms with Crippen molar-refractivity contribution in [3.63, 3.8) is 0 Å². The molecule has 1 N–H and O–H groups in total. The third kappa shape index (κ3) is 1.70. The number of hydrogen-bond donors (Lipinski definition) is 1. The molecule has 3 rings (SSSR count). The molecule has 2 atom stereocenters. The third-order valence-corrected chi connectivity index (χ3v) is 5.32. The van der Waals surface area contributed by atoms with Gasteiger partial charge in [0.15, 0.2) is 0 Å². The van der Waals surface area contributed by atoms with E-state index >= 15 is 0 Å². The van der Waals surface area contributed by atoms with Gasteiger partial charge in [-0.3, -0.25) is 4.90 Å². The molecule has 1 aliphatic carbocycles. The van der Waals surface area contributed by atoms with Crippen molar-refractivity contribution in [3.8, 4) is 0 Å². The Morgan fingerprint density at radius 1 is 1.36 bits per heavy atom. The van der Waals surface area contributed by atoms with E-state index in [-0.39, 0.29) is 0 Å². The molecule has 0 bridgehead atoms. The zero-order valence-electron chi connectivity index (χ0n) is 8.96. The van der Waals surface area contributed by atoms with Gasteiger partial charge in [-0.1, -0.05) is 6.92 Å². The molecule has 0 aromatic rings. The lowest BCUT2D eigenvalue weighted by Gasteiger charge is -2.37. The number of nitrogens with zero attached hydrogens (tertiary/aromatic N) is 1. The van der Waals surface area contributed by atoms with Crippen LogP contribution in [0.15, 0.2) is 0 Å². The fraction of sp³-hybridized carbons (Fsp3) is 1.00. The summed E-state index contributed by atoms with van der Waals surface area (Å²) in [6.07, 6.45) is 5.61. The summed E-state index contributed by atoms with van der Waals surface area (Å²) in [5.41, 5.74) is 0. The van der Waals surface area contributed by atoms with Crippen LogP contribution in [0.25, 0.3) is 0 Å². The molecule has 3 aliphatic rings. The van der Waals surface area contributed by atoms with Crippen LogP contribution in [0.3, 0.4) is 0 Å². The van der Waals surface area contributed by atoms with E-state index in [1.54, 1.807) is 0 Å². The number of likely N-dealkylation sites (tertiary alicyclic amines) is 1. The van der Waals surface area contributed by atoms with Gasteiger partial charge >= 0.3 is 0 Å². The lowest BCUT2D eigenvalue weighted by molar-refractivity contribution is 0.308. The van der Waals surface area contributed by atoms with Crippen molar-refractivity contribution >= 4 is 11.8 Å². The molecule has 1 spiro atoms. The predicted molar refractivity (Wildman–Crippen MR) is 61.6 cm³/mol. The van der Waals surface area contributed by atoms with E-state index in [2.05, 4.69) is 28.9 Å². The first-order valence-electron chi connectivity index (χ1n) is 5.94. The largest absolute Gasteiger partial charge is 0.302 e. The molecule has 0 radical (unpaired) electrons. The molecule has 80 valence electrons. The summed E-state index contributed by atoms with van der Waals surface area (Å²) in [5.74, 6) is 0. The van der Waals surface area contributed by atoms with Crippen LogP contribution in [0, 0.1) is 0 Å². The quantitative estimate of drug-likeness (QED) is 0.712. The minimum Gasteiger partial charge on any atom is -0.302 e. The Labute approximate surface area is 90.8 Å². The third-order valence-electron chi connectivity index (χ3n) is 3.75. The van der Waals surface area contributed by atoms with Crippen LogP contribution < -0.4 is 5.32 Å². The maximum Gasteiger partial charge on any atom is 0.0788 e. The fourth-order valence-corrected chi connectivity index (χ4v) is 4.43. The summed E-state index contributed by atoms with van der Waals surface area (Å²) >= 11 is 2.19. The maximum atomic E-state index is 3.76. The van der Waals surface area contributed by atoms with Crippen molar-refractivity contribution in [2.45, 2.75) is 48.8 Å². The van der Waals surface area contributed by atoms with Crippen LogP contribution in [0.4, 0.5) is 0 Å². The molecule has 0 amide bonds. The lowest BCUT2D eigenvalue weighted by atomic mass is 10.2. The van der Waals surface area contributed by atoms with E-state index in [1.807, 2.05) is 0 Å². The smallest absolute Gasteiger partial charge is 0.0788 e. The summed E-state index contributed by atoms with van der Waals surface area (Å²) < 4.78 is 0. The minimum absolute atomic E-state index is 0.431. The van der Waals surface area contributed by atoms with Crippen molar-refractivity contribution in [1.29, 1.82) is 0 Å². The van der Waals surface area contributed by atoms with E-state index in [4.69, 9.17) is 0 Å². The zero-order valence-corrected chi connectivity index (χ0v) is 9.78. The van der Waals surface area contributed by atoms with Crippen LogP contribution in [0.1, 0.15) is 32.6 Å². The molecule has 0 aromatic heterocycles. The summed E-state index contributed by atoms with van der Waals surface area (Å²) in [4.78, 5) is 3.14. The van der Waals surface area contributed by atoms with Gasteiger partial charge < -0.3 is 5.32 Å². The summed E-state index contributed by atoms with van der Waals surface area (Å²) in [6, 6.07) is 0.953. The number of rotatable bonds is 1. The highest BCUT2D eigenvalue weighted by atomic mass is 32.2. The van der Waals surface area contributed by atoms with Crippen LogP contribution >= 0.6 is 11.8 Å². The molecule has 2 aliphatic heterocycles. The number of hydrogen-bond acceptors (Lipinski definition) is 3. The first kappa shape index (κ1) is 9.49. The van der Waals surface area contributed by atoms with Crippen LogP contribution in [0.5, 0.6) is 0 Å². The molecule has 1 saturated carbocycles. The molecule has 2 unspecified atom stereocenters. The van der Waals surface area contributed by atoms with Gasteiger partial charge in [0.1, 0.15) is 0 Å². The van der Waals surface area contributed by atoms with Crippen molar-refractivity contribution in [3.05, 3.63) is 0 Å². The lowest BCUT2D eigenvalue weighted by Crippen LogP contribution is -2.49. The molecule has 0 aromatic carbocycles. The predicted octanol–water partition coefficient (Wildman–Crippen LogP) is 1.67. The highest BCUT2D eigenvalue weighted by Gasteiger charge is 2.45. The van der Waals surface area contributed by atoms with E-state index in [9.17, 15) is 0 Å². The average molecular weight is 212 g/mol. The van der Waals surface area contributed by atoms with Crippen LogP contribution in [-0.4, -0.2) is 40.7 Å². The van der Waals surface area contributed by atoms with Gasteiger partial charge in [0.25, 0.3) is 0 Å². The second-order valence-corrected chi connectivity index (χ2v) is 6.91. The summed E-state index contributed by atoms with van der Waals surface area (Å²) in [5, 5.41) is 4.62. The summed E-state index contributed by atoms with van der Waals surface area (Å²) in [6.45, 7) is 6.24. The molecule has 3 heteroatoms. The Bertz CT molecular complexity index is 229. The van der Waals surface area contributed by atoms with Gasteiger partial charge in [0.05, 0.1) is 4.87 Å². The minimum atomic E-state index is 0.431. The number of thioether (sulfide) groups is 1. The Morgan fingerprint density at radius 3 is 2.93 bits per heavy atom. The van der Waals surface area contributed by atoms with Gasteiger partial charge in [-0.2, -0.15) is 0 Å². The van der Waals surface area contributed by atoms with Crippen molar-refractivity contribution < 1.29 is 0 Å². The van der Waals surface area contributed by atoms with Gasteiger partial charge in [-0.15, -0.1) is 11.8 Å². The normalized spacial score (nSPS) is 44.8. The Balaban J connectivity index is 1.65. The van der Waals surface area contributed by atoms with Gasteiger partial charge in [0.2, 0.25) is 0 Å². The van der Waals surface area contributed by atoms with Crippen molar-refractivity contribution in [2.24, 2.45) is 0 Å². The van der Waals surface area contributed by atoms with E-state index in [0.717, 1.165) is 11.3 Å². The average Bonchev–Trinajstić information content (AvgIpc) is 2.92. The van der Waals surface area contributed by atoms with Crippen molar-refractivity contribution in [1.82, 2.24) is 10.2 Å². The van der Waals surface area contributed by atoms with Crippen molar-refractivity contribution in [2.75, 3.05) is 19.6 Å². The van der Waals surface area contributed by atoms with E-state index in [0.29, 0.717) is 4.87 Å².